The highest BCUT2D eigenvalue weighted by molar-refractivity contribution is 5.17. The van der Waals surface area contributed by atoms with Crippen LogP contribution in [0.4, 0.5) is 0 Å². The molecule has 12 heteroatoms. The predicted octanol–water partition coefficient (Wildman–Crippen LogP) is 13.9. The average molecular weight is 1010 g/mol. The van der Waals surface area contributed by atoms with Crippen molar-refractivity contribution in [1.82, 2.24) is 0 Å². The van der Waals surface area contributed by atoms with Gasteiger partial charge in [-0.2, -0.15) is 0 Å². The lowest BCUT2D eigenvalue weighted by Gasteiger charge is -2.32. The van der Waals surface area contributed by atoms with E-state index in [0.717, 1.165) is 49.0 Å². The number of rotatable bonds is 13. The first-order valence-corrected chi connectivity index (χ1v) is 26.7. The normalized spacial score (nSPS) is 24.7. The van der Waals surface area contributed by atoms with Crippen LogP contribution in [0.15, 0.2) is 60.7 Å². The lowest BCUT2D eigenvalue weighted by atomic mass is 9.96. The van der Waals surface area contributed by atoms with E-state index in [9.17, 15) is 0 Å². The molecule has 0 spiro atoms. The molecule has 4 heterocycles. The molecule has 4 aliphatic rings. The third-order valence-electron chi connectivity index (χ3n) is 9.60. The molecule has 12 nitrogen and oxygen atoms in total. The van der Waals surface area contributed by atoms with E-state index in [-0.39, 0.29) is 78.4 Å². The summed E-state index contributed by atoms with van der Waals surface area (Å²) in [5.74, 6) is 2.08. The molecule has 8 unspecified atom stereocenters. The molecule has 0 aliphatic carbocycles. The van der Waals surface area contributed by atoms with Crippen LogP contribution in [0.2, 0.25) is 0 Å². The van der Waals surface area contributed by atoms with E-state index in [2.05, 4.69) is 76.2 Å². The van der Waals surface area contributed by atoms with Crippen molar-refractivity contribution in [2.75, 3.05) is 52.9 Å². The van der Waals surface area contributed by atoms with E-state index in [0.29, 0.717) is 45.6 Å². The lowest BCUT2D eigenvalue weighted by Crippen LogP contribution is -2.38. The zero-order chi connectivity index (χ0) is 53.8. The molecule has 6 rings (SSSR count). The molecule has 2 aromatic carbocycles. The van der Waals surface area contributed by atoms with Crippen molar-refractivity contribution in [2.45, 2.75) is 231 Å². The van der Waals surface area contributed by atoms with Crippen molar-refractivity contribution >= 4 is 0 Å². The smallest absolute Gasteiger partial charge is 0.184 e. The number of ether oxygens (including phenoxy) is 12. The van der Waals surface area contributed by atoms with Crippen molar-refractivity contribution in [2.24, 2.45) is 23.2 Å². The second kappa shape index (κ2) is 35.3. The van der Waals surface area contributed by atoms with Gasteiger partial charge in [0.1, 0.15) is 12.2 Å². The zero-order valence-electron chi connectivity index (χ0n) is 48.7. The van der Waals surface area contributed by atoms with Gasteiger partial charge < -0.3 is 56.8 Å². The molecule has 414 valence electrons. The Morgan fingerprint density at radius 3 is 1.23 bits per heavy atom. The van der Waals surface area contributed by atoms with Crippen molar-refractivity contribution in [3.8, 4) is 0 Å². The van der Waals surface area contributed by atoms with Crippen LogP contribution in [0.3, 0.4) is 0 Å². The molecular formula is C59H106O12. The van der Waals surface area contributed by atoms with Crippen LogP contribution in [-0.4, -0.2) is 113 Å². The minimum atomic E-state index is -0.246. The van der Waals surface area contributed by atoms with Gasteiger partial charge in [0.2, 0.25) is 0 Å². The Kier molecular flexibility index (Phi) is 33.3. The zero-order valence-corrected chi connectivity index (χ0v) is 48.7. The Labute approximate surface area is 434 Å². The van der Waals surface area contributed by atoms with Crippen LogP contribution in [0.5, 0.6) is 0 Å². The summed E-state index contributed by atoms with van der Waals surface area (Å²) in [6, 6.07) is 20.0. The van der Waals surface area contributed by atoms with Crippen LogP contribution in [0.1, 0.15) is 182 Å². The van der Waals surface area contributed by atoms with Crippen LogP contribution < -0.4 is 0 Å². The summed E-state index contributed by atoms with van der Waals surface area (Å²) in [6.07, 6.45) is 2.16. The summed E-state index contributed by atoms with van der Waals surface area (Å²) in [5, 5.41) is 0. The van der Waals surface area contributed by atoms with Gasteiger partial charge in [-0.3, -0.25) is 0 Å². The van der Waals surface area contributed by atoms with Gasteiger partial charge in [-0.05, 0) is 93.9 Å². The van der Waals surface area contributed by atoms with Crippen LogP contribution >= 0.6 is 0 Å². The van der Waals surface area contributed by atoms with Gasteiger partial charge in [0.05, 0.1) is 88.5 Å². The Bertz CT molecular complexity index is 1540. The second-order valence-electron chi connectivity index (χ2n) is 23.9. The molecule has 2 aromatic rings. The molecule has 0 N–H and O–H groups in total. The van der Waals surface area contributed by atoms with Gasteiger partial charge >= 0.3 is 0 Å². The van der Waals surface area contributed by atoms with E-state index < -0.39 is 0 Å². The minimum Gasteiger partial charge on any atom is -0.376 e. The summed E-state index contributed by atoms with van der Waals surface area (Å²) in [4.78, 5) is 0. The van der Waals surface area contributed by atoms with Gasteiger partial charge in [-0.1, -0.05) is 137 Å². The molecular weight excluding hydrogens is 901 g/mol. The molecule has 71 heavy (non-hydrogen) atoms. The standard InChI is InChI=1S/2C14H20O3.C12H24O3.C11H22O3.2C4H10/c1-14(2,3)16-10-12-9-15-13(17-12)11-7-5-4-6-8-11;1-11(2)16-10-13-8-9-15-14(17-13)12-6-4-3-5-7-12;1-11(2,3)10-13-7-9(15-10)8-14-12(4,5)6;1-8(2)11-12-6-5-10(14-11)7-13-9(3)4;2*1-4(2)3/h4-8,12-13H,9-10H2,1-3H3;3-7,11,13-14H,8-10H2,1-2H3;9-10H,7-8H2,1-6H3;8-11H,5-7H2,1-4H3;2*4H,1-3H3. The van der Waals surface area contributed by atoms with Gasteiger partial charge in [-0.25, -0.2) is 0 Å². The molecule has 0 amide bonds. The van der Waals surface area contributed by atoms with Crippen molar-refractivity contribution in [1.29, 1.82) is 0 Å². The maximum atomic E-state index is 5.88. The molecule has 4 saturated heterocycles. The van der Waals surface area contributed by atoms with E-state index in [4.69, 9.17) is 56.8 Å². The maximum absolute atomic E-state index is 5.88. The predicted molar refractivity (Wildman–Crippen MR) is 287 cm³/mol. The van der Waals surface area contributed by atoms with Gasteiger partial charge in [-0.15, -0.1) is 0 Å². The summed E-state index contributed by atoms with van der Waals surface area (Å²) >= 11 is 0. The first-order valence-electron chi connectivity index (χ1n) is 26.7. The first-order chi connectivity index (χ1) is 33.0. The summed E-state index contributed by atoms with van der Waals surface area (Å²) in [5.41, 5.74) is 1.93. The van der Waals surface area contributed by atoms with E-state index >= 15 is 0 Å². The Balaban J connectivity index is 0.000000451. The van der Waals surface area contributed by atoms with Crippen molar-refractivity contribution in [3.05, 3.63) is 71.8 Å². The highest BCUT2D eigenvalue weighted by Crippen LogP contribution is 2.30. The number of hydrogen-bond acceptors (Lipinski definition) is 12. The summed E-state index contributed by atoms with van der Waals surface area (Å²) in [7, 11) is 0. The van der Waals surface area contributed by atoms with Crippen molar-refractivity contribution in [3.63, 3.8) is 0 Å². The first kappa shape index (κ1) is 67.0. The quantitative estimate of drug-likeness (QED) is 0.190. The maximum Gasteiger partial charge on any atom is 0.184 e. The molecule has 0 aromatic heterocycles. The van der Waals surface area contributed by atoms with Crippen LogP contribution in [0.25, 0.3) is 0 Å². The third kappa shape index (κ3) is 35.0. The van der Waals surface area contributed by atoms with Gasteiger partial charge in [0, 0.05) is 22.5 Å². The van der Waals surface area contributed by atoms with Crippen LogP contribution in [-0.2, 0) is 56.8 Å². The van der Waals surface area contributed by atoms with E-state index in [1.807, 2.05) is 130 Å². The van der Waals surface area contributed by atoms with Gasteiger partial charge in [0.25, 0.3) is 0 Å². The fourth-order valence-electron chi connectivity index (χ4n) is 6.18. The second-order valence-corrected chi connectivity index (χ2v) is 23.9. The fourth-order valence-corrected chi connectivity index (χ4v) is 6.18. The highest BCUT2D eigenvalue weighted by Gasteiger charge is 2.36. The topological polar surface area (TPSA) is 111 Å². The summed E-state index contributed by atoms with van der Waals surface area (Å²) < 4.78 is 68.0. The molecule has 4 aliphatic heterocycles. The van der Waals surface area contributed by atoms with Crippen molar-refractivity contribution < 1.29 is 56.8 Å². The molecule has 8 atom stereocenters. The van der Waals surface area contributed by atoms with E-state index in [1.54, 1.807) is 0 Å². The molecule has 0 bridgehead atoms. The van der Waals surface area contributed by atoms with Gasteiger partial charge in [0.15, 0.2) is 25.2 Å². The largest absolute Gasteiger partial charge is 0.376 e. The fraction of sp³-hybridized carbons (Fsp3) is 0.797. The van der Waals surface area contributed by atoms with E-state index in [1.165, 1.54) is 0 Å². The minimum absolute atomic E-state index is 0.0273. The monoisotopic (exact) mass is 1010 g/mol. The Hall–Kier alpha value is -2.04. The lowest BCUT2D eigenvalue weighted by molar-refractivity contribution is -0.241. The van der Waals surface area contributed by atoms with Crippen LogP contribution in [0, 0.1) is 23.2 Å². The Morgan fingerprint density at radius 2 is 0.831 bits per heavy atom. The molecule has 4 fully saturated rings. The third-order valence-corrected chi connectivity index (χ3v) is 9.60. The molecule has 0 radical (unpaired) electrons. The average Bonchev–Trinajstić information content (AvgIpc) is 3.98. The number of hydrogen-bond donors (Lipinski definition) is 0. The molecule has 0 saturated carbocycles. The number of benzene rings is 2. The SMILES string of the molecule is CC(C)(C)OCC1COC(C(C)(C)C)O1.CC(C)(C)OCC1COC(c2ccccc2)O1.CC(C)C.CC(C)C.CC(C)OCC1CCOC(C(C)C)O1.CC(C)OCC1CCOC(c2ccccc2)O1. The summed E-state index contributed by atoms with van der Waals surface area (Å²) in [6.45, 7) is 49.2. The Morgan fingerprint density at radius 1 is 0.451 bits per heavy atom. The highest BCUT2D eigenvalue weighted by atomic mass is 16.7.